The van der Waals surface area contributed by atoms with E-state index in [0.29, 0.717) is 44.3 Å². The molecule has 3 amide bonds. The van der Waals surface area contributed by atoms with Gasteiger partial charge in [0, 0.05) is 38.8 Å². The van der Waals surface area contributed by atoms with Gasteiger partial charge in [-0.2, -0.15) is 13.2 Å². The third-order valence-electron chi connectivity index (χ3n) is 8.27. The molecule has 0 atom stereocenters. The number of hydrogen-bond acceptors (Lipinski definition) is 6. The van der Waals surface area contributed by atoms with Crippen LogP contribution in [0.1, 0.15) is 32.1 Å². The van der Waals surface area contributed by atoms with Crippen molar-refractivity contribution in [2.75, 3.05) is 50.8 Å². The number of piperazine rings is 1. The lowest BCUT2D eigenvalue weighted by molar-refractivity contribution is -0.151. The van der Waals surface area contributed by atoms with Crippen LogP contribution >= 0.6 is 11.6 Å². The van der Waals surface area contributed by atoms with E-state index >= 15 is 0 Å². The fraction of sp³-hybridized carbons (Fsp3) is 0.577. The Morgan fingerprint density at radius 3 is 2.35 bits per heavy atom. The molecule has 3 N–H and O–H groups in total. The topological polar surface area (TPSA) is 97.0 Å². The molecule has 0 unspecified atom stereocenters. The van der Waals surface area contributed by atoms with E-state index in [1.807, 2.05) is 0 Å². The molecule has 0 aromatic heterocycles. The Balaban J connectivity index is 1.16. The predicted octanol–water partition coefficient (Wildman–Crippen LogP) is 2.33. The van der Waals surface area contributed by atoms with Gasteiger partial charge in [0.05, 0.1) is 29.3 Å². The van der Waals surface area contributed by atoms with Gasteiger partial charge in [0.1, 0.15) is 17.2 Å². The van der Waals surface area contributed by atoms with Crippen molar-refractivity contribution in [2.24, 2.45) is 5.41 Å². The smallest absolute Gasteiger partial charge is 0.362 e. The minimum Gasteiger partial charge on any atom is -0.362 e. The molecule has 3 heterocycles. The molecule has 1 aromatic carbocycles. The molecule has 218 valence electrons. The first-order valence-electron chi connectivity index (χ1n) is 13.3. The molecule has 0 bridgehead atoms. The average Bonchev–Trinajstić information content (AvgIpc) is 3.51. The molecule has 14 heteroatoms. The molecule has 5 rings (SSSR count). The number of nitrogens with zero attached hydrogens (tertiary/aromatic N) is 3. The van der Waals surface area contributed by atoms with Crippen LogP contribution in [0.5, 0.6) is 0 Å². The zero-order chi connectivity index (χ0) is 28.7. The van der Waals surface area contributed by atoms with Crippen molar-refractivity contribution in [2.45, 2.75) is 44.3 Å². The van der Waals surface area contributed by atoms with Gasteiger partial charge in [-0.1, -0.05) is 11.6 Å². The van der Waals surface area contributed by atoms with Gasteiger partial charge in [0.2, 0.25) is 5.91 Å². The first-order valence-corrected chi connectivity index (χ1v) is 13.7. The molecule has 1 spiro atoms. The summed E-state index contributed by atoms with van der Waals surface area (Å²) in [7, 11) is 0. The van der Waals surface area contributed by atoms with Crippen molar-refractivity contribution in [3.63, 3.8) is 0 Å². The van der Waals surface area contributed by atoms with E-state index < -0.39 is 35.8 Å². The number of nitrogens with one attached hydrogen (secondary N) is 3. The second kappa shape index (κ2) is 11.1. The van der Waals surface area contributed by atoms with E-state index in [1.54, 1.807) is 4.90 Å². The first kappa shape index (κ1) is 28.5. The summed E-state index contributed by atoms with van der Waals surface area (Å²) in [5.41, 5.74) is 0.149. The van der Waals surface area contributed by atoms with E-state index in [1.165, 1.54) is 28.0 Å². The van der Waals surface area contributed by atoms with Crippen LogP contribution in [0, 0.1) is 11.2 Å². The van der Waals surface area contributed by atoms with Gasteiger partial charge in [-0.3, -0.25) is 19.3 Å². The van der Waals surface area contributed by atoms with Crippen LogP contribution in [0.15, 0.2) is 29.6 Å². The largest absolute Gasteiger partial charge is 0.401 e. The number of carbonyl (C=O) groups is 3. The van der Waals surface area contributed by atoms with Gasteiger partial charge in [0.25, 0.3) is 11.8 Å². The highest BCUT2D eigenvalue weighted by molar-refractivity contribution is 6.34. The summed E-state index contributed by atoms with van der Waals surface area (Å²) >= 11 is 6.19. The lowest BCUT2D eigenvalue weighted by Crippen LogP contribution is -2.52. The Morgan fingerprint density at radius 2 is 1.70 bits per heavy atom. The van der Waals surface area contributed by atoms with Crippen LogP contribution in [0.2, 0.25) is 5.02 Å². The zero-order valence-corrected chi connectivity index (χ0v) is 22.5. The summed E-state index contributed by atoms with van der Waals surface area (Å²) < 4.78 is 51.5. The van der Waals surface area contributed by atoms with Crippen LogP contribution < -0.4 is 20.9 Å². The summed E-state index contributed by atoms with van der Waals surface area (Å²) in [6.45, 7) is 0.114. The van der Waals surface area contributed by atoms with Gasteiger partial charge < -0.3 is 25.8 Å². The number of anilines is 1. The molecule has 3 aliphatic heterocycles. The predicted molar refractivity (Wildman–Crippen MR) is 138 cm³/mol. The number of amides is 3. The highest BCUT2D eigenvalue weighted by Crippen LogP contribution is 2.47. The van der Waals surface area contributed by atoms with Gasteiger partial charge >= 0.3 is 6.18 Å². The molecule has 0 radical (unpaired) electrons. The third kappa shape index (κ3) is 5.85. The molecule has 2 saturated heterocycles. The SMILES string of the molecule is O=C(NC1CCC2(CC1)CCN(c1ccc(F)cc1Cl)C2=O)C1=C(C(=O)N2CCN(CC(F)(F)F)CC2)NCN1. The number of carbonyl (C=O) groups excluding carboxylic acids is 3. The van der Waals surface area contributed by atoms with Crippen LogP contribution in [-0.2, 0) is 14.4 Å². The molecule has 40 heavy (non-hydrogen) atoms. The maximum absolute atomic E-state index is 13.5. The van der Waals surface area contributed by atoms with Gasteiger partial charge in [-0.25, -0.2) is 4.39 Å². The van der Waals surface area contributed by atoms with E-state index in [4.69, 9.17) is 11.6 Å². The van der Waals surface area contributed by atoms with Crippen molar-refractivity contribution in [1.29, 1.82) is 0 Å². The van der Waals surface area contributed by atoms with Crippen molar-refractivity contribution in [1.82, 2.24) is 25.8 Å². The summed E-state index contributed by atoms with van der Waals surface area (Å²) in [4.78, 5) is 43.9. The highest BCUT2D eigenvalue weighted by Gasteiger charge is 2.49. The number of rotatable bonds is 5. The molecule has 3 fully saturated rings. The second-order valence-electron chi connectivity index (χ2n) is 10.8. The van der Waals surface area contributed by atoms with Crippen LogP contribution in [0.3, 0.4) is 0 Å². The molecule has 9 nitrogen and oxygen atoms in total. The average molecular weight is 587 g/mol. The fourth-order valence-corrected chi connectivity index (χ4v) is 6.35. The zero-order valence-electron chi connectivity index (χ0n) is 21.8. The Kier molecular flexibility index (Phi) is 7.88. The molecular weight excluding hydrogens is 556 g/mol. The van der Waals surface area contributed by atoms with E-state index in [2.05, 4.69) is 16.0 Å². The number of alkyl halides is 3. The Morgan fingerprint density at radius 1 is 1.02 bits per heavy atom. The Hall–Kier alpha value is -3.06. The van der Waals surface area contributed by atoms with Gasteiger partial charge in [-0.15, -0.1) is 0 Å². The number of benzene rings is 1. The maximum Gasteiger partial charge on any atom is 0.401 e. The third-order valence-corrected chi connectivity index (χ3v) is 8.58. The summed E-state index contributed by atoms with van der Waals surface area (Å²) in [5, 5.41) is 8.93. The quantitative estimate of drug-likeness (QED) is 0.459. The fourth-order valence-electron chi connectivity index (χ4n) is 6.08. The van der Waals surface area contributed by atoms with Gasteiger partial charge in [0.15, 0.2) is 0 Å². The van der Waals surface area contributed by atoms with Crippen LogP contribution in [-0.4, -0.2) is 85.7 Å². The van der Waals surface area contributed by atoms with Crippen molar-refractivity contribution in [3.05, 3.63) is 40.4 Å². The van der Waals surface area contributed by atoms with E-state index in [-0.39, 0.29) is 61.2 Å². The minimum atomic E-state index is -4.30. The summed E-state index contributed by atoms with van der Waals surface area (Å²) in [6.07, 6.45) is -1.35. The monoisotopic (exact) mass is 586 g/mol. The van der Waals surface area contributed by atoms with Gasteiger partial charge in [-0.05, 0) is 50.3 Å². The lowest BCUT2D eigenvalue weighted by atomic mass is 9.71. The maximum atomic E-state index is 13.5. The first-order chi connectivity index (χ1) is 19.0. The molecule has 4 aliphatic rings. The molecular formula is C26H31ClF4N6O3. The second-order valence-corrected chi connectivity index (χ2v) is 11.2. The number of halogens is 5. The van der Waals surface area contributed by atoms with Crippen molar-refractivity contribution < 1.29 is 31.9 Å². The minimum absolute atomic E-state index is 0.0432. The molecule has 1 aliphatic carbocycles. The lowest BCUT2D eigenvalue weighted by Gasteiger charge is -2.36. The summed E-state index contributed by atoms with van der Waals surface area (Å²) in [6, 6.07) is 3.79. The van der Waals surface area contributed by atoms with Crippen molar-refractivity contribution in [3.8, 4) is 0 Å². The molecule has 1 saturated carbocycles. The van der Waals surface area contributed by atoms with Crippen molar-refractivity contribution >= 4 is 35.0 Å². The highest BCUT2D eigenvalue weighted by atomic mass is 35.5. The Labute approximate surface area is 233 Å². The summed E-state index contributed by atoms with van der Waals surface area (Å²) in [5.74, 6) is -1.39. The molecule has 1 aromatic rings. The van der Waals surface area contributed by atoms with E-state index in [0.717, 1.165) is 0 Å². The van der Waals surface area contributed by atoms with E-state index in [9.17, 15) is 31.9 Å². The standard InChI is InChI=1S/C26H31ClF4N6O3/c27-18-13-16(28)1-2-19(18)37-8-7-25(24(37)40)5-3-17(4-6-25)34-22(38)20-21(33-15-32-20)23(39)36-11-9-35(10-12-36)14-26(29,30)31/h1-2,13,17,32-33H,3-12,14-15H2,(H,34,38). The van der Waals surface area contributed by atoms with Crippen LogP contribution in [0.25, 0.3) is 0 Å². The number of hydrogen-bond donors (Lipinski definition) is 3. The Bertz CT molecular complexity index is 1210. The van der Waals surface area contributed by atoms with Crippen LogP contribution in [0.4, 0.5) is 23.2 Å². The normalized spacial score (nSPS) is 25.8.